The number of fused-ring (bicyclic) bond motifs is 1. The van der Waals surface area contributed by atoms with Gasteiger partial charge in [0.2, 0.25) is 11.8 Å². The maximum Gasteiger partial charge on any atom is 0.257 e. The van der Waals surface area contributed by atoms with Crippen LogP contribution in [0.5, 0.6) is 0 Å². The summed E-state index contributed by atoms with van der Waals surface area (Å²) in [5.74, 6) is -2.41. The van der Waals surface area contributed by atoms with Crippen LogP contribution in [0.1, 0.15) is 47.8 Å². The van der Waals surface area contributed by atoms with Crippen molar-refractivity contribution in [3.8, 4) is 0 Å². The van der Waals surface area contributed by atoms with Crippen molar-refractivity contribution < 1.29 is 28.7 Å². The van der Waals surface area contributed by atoms with Gasteiger partial charge in [0.25, 0.3) is 5.91 Å². The van der Waals surface area contributed by atoms with Gasteiger partial charge in [0.05, 0.1) is 11.3 Å². The van der Waals surface area contributed by atoms with Crippen molar-refractivity contribution in [1.82, 2.24) is 10.2 Å². The third-order valence-electron chi connectivity index (χ3n) is 5.42. The van der Waals surface area contributed by atoms with Crippen LogP contribution in [-0.4, -0.2) is 46.1 Å². The molecule has 9 heteroatoms. The molecule has 1 aromatic carbocycles. The fourth-order valence-electron chi connectivity index (χ4n) is 3.87. The number of benzene rings is 1. The summed E-state index contributed by atoms with van der Waals surface area (Å²) in [6, 6.07) is 1.38. The number of carbonyl (C=O) groups is 4. The summed E-state index contributed by atoms with van der Waals surface area (Å²) in [4.78, 5) is 47.7. The summed E-state index contributed by atoms with van der Waals surface area (Å²) >= 11 is 0. The zero-order valence-electron chi connectivity index (χ0n) is 14.3. The van der Waals surface area contributed by atoms with Gasteiger partial charge in [0.1, 0.15) is 18.1 Å². The number of halogens is 1. The third-order valence-corrected chi connectivity index (χ3v) is 5.42. The molecular formula is C18H18FN3O5. The van der Waals surface area contributed by atoms with Crippen LogP contribution in [0.2, 0.25) is 0 Å². The van der Waals surface area contributed by atoms with Crippen molar-refractivity contribution >= 4 is 29.7 Å². The minimum absolute atomic E-state index is 0.00497. The maximum atomic E-state index is 14.4. The van der Waals surface area contributed by atoms with Crippen LogP contribution in [0.4, 0.5) is 10.1 Å². The molecule has 27 heavy (non-hydrogen) atoms. The third kappa shape index (κ3) is 2.87. The Bertz CT molecular complexity index is 852. The molecular weight excluding hydrogens is 357 g/mol. The maximum absolute atomic E-state index is 14.4. The van der Waals surface area contributed by atoms with Gasteiger partial charge in [-0.05, 0) is 31.4 Å². The van der Waals surface area contributed by atoms with E-state index in [0.29, 0.717) is 12.8 Å². The summed E-state index contributed by atoms with van der Waals surface area (Å²) in [6.45, 7) is 0. The van der Waals surface area contributed by atoms with Gasteiger partial charge in [-0.2, -0.15) is 0 Å². The second kappa shape index (κ2) is 6.41. The van der Waals surface area contributed by atoms with Crippen LogP contribution < -0.4 is 10.6 Å². The summed E-state index contributed by atoms with van der Waals surface area (Å²) in [5.41, 5.74) is 0.342. The summed E-state index contributed by atoms with van der Waals surface area (Å²) in [7, 11) is 0. The van der Waals surface area contributed by atoms with E-state index in [-0.39, 0.29) is 41.6 Å². The molecule has 2 fully saturated rings. The normalized spacial score (nSPS) is 29.9. The molecule has 1 saturated carbocycles. The molecule has 3 amide bonds. The predicted octanol–water partition coefficient (Wildman–Crippen LogP) is 0.467. The van der Waals surface area contributed by atoms with Crippen molar-refractivity contribution in [1.29, 1.82) is 0 Å². The largest absolute Gasteiger partial charge is 0.380 e. The lowest BCUT2D eigenvalue weighted by molar-refractivity contribution is -0.139. The molecule has 2 aliphatic heterocycles. The Morgan fingerprint density at radius 1 is 1.26 bits per heavy atom. The SMILES string of the molecule is O=CC1CC(Nc2cc3c(cc2F)C(=O)N(C2CCC(=O)NC2=O)C3O)C1. The van der Waals surface area contributed by atoms with Gasteiger partial charge in [-0.25, -0.2) is 4.39 Å². The molecule has 0 aromatic heterocycles. The van der Waals surface area contributed by atoms with Crippen LogP contribution in [0, 0.1) is 11.7 Å². The predicted molar refractivity (Wildman–Crippen MR) is 89.9 cm³/mol. The zero-order chi connectivity index (χ0) is 19.3. The standard InChI is InChI=1S/C18H18FN3O5/c19-12-5-10-11(6-13(12)20-9-3-8(4-9)7-23)18(27)22(17(10)26)14-1-2-15(24)21-16(14)25/h5-9,14,18,20,27H,1-4H2,(H,21,24,25). The number of anilines is 1. The quantitative estimate of drug-likeness (QED) is 0.520. The first-order valence-corrected chi connectivity index (χ1v) is 8.78. The number of carbonyl (C=O) groups excluding carboxylic acids is 4. The highest BCUT2D eigenvalue weighted by atomic mass is 19.1. The Hall–Kier alpha value is -2.81. The number of aldehydes is 1. The summed E-state index contributed by atoms with van der Waals surface area (Å²) in [6.07, 6.45) is 0.834. The minimum atomic E-state index is -1.40. The van der Waals surface area contributed by atoms with E-state index in [4.69, 9.17) is 0 Å². The van der Waals surface area contributed by atoms with Crippen molar-refractivity contribution in [3.63, 3.8) is 0 Å². The molecule has 0 spiro atoms. The van der Waals surface area contributed by atoms with Gasteiger partial charge >= 0.3 is 0 Å². The van der Waals surface area contributed by atoms with Crippen LogP contribution in [0.15, 0.2) is 12.1 Å². The van der Waals surface area contributed by atoms with Crippen LogP contribution >= 0.6 is 0 Å². The van der Waals surface area contributed by atoms with Gasteiger partial charge in [-0.3, -0.25) is 24.6 Å². The van der Waals surface area contributed by atoms with Gasteiger partial charge in [-0.15, -0.1) is 0 Å². The van der Waals surface area contributed by atoms with Crippen LogP contribution in [-0.2, 0) is 14.4 Å². The highest BCUT2D eigenvalue weighted by molar-refractivity contribution is 6.05. The van der Waals surface area contributed by atoms with E-state index in [0.717, 1.165) is 17.3 Å². The number of rotatable bonds is 4. The number of nitrogens with one attached hydrogen (secondary N) is 2. The molecule has 1 aliphatic carbocycles. The van der Waals surface area contributed by atoms with Crippen molar-refractivity contribution in [2.45, 2.75) is 44.0 Å². The summed E-state index contributed by atoms with van der Waals surface area (Å²) < 4.78 is 14.4. The van der Waals surface area contributed by atoms with Gasteiger partial charge in [0.15, 0.2) is 6.23 Å². The van der Waals surface area contributed by atoms with E-state index in [2.05, 4.69) is 10.6 Å². The highest BCUT2D eigenvalue weighted by Gasteiger charge is 2.45. The molecule has 1 saturated heterocycles. The Balaban J connectivity index is 1.57. The smallest absolute Gasteiger partial charge is 0.257 e. The van der Waals surface area contributed by atoms with Gasteiger partial charge in [-0.1, -0.05) is 0 Å². The summed E-state index contributed by atoms with van der Waals surface area (Å²) in [5, 5.41) is 15.7. The van der Waals surface area contributed by atoms with E-state index < -0.39 is 35.8 Å². The molecule has 142 valence electrons. The highest BCUT2D eigenvalue weighted by Crippen LogP contribution is 2.38. The van der Waals surface area contributed by atoms with E-state index in [1.54, 1.807) is 0 Å². The van der Waals surface area contributed by atoms with Crippen LogP contribution in [0.3, 0.4) is 0 Å². The number of imide groups is 1. The van der Waals surface area contributed by atoms with Crippen molar-refractivity contribution in [3.05, 3.63) is 29.1 Å². The Labute approximate surface area is 153 Å². The second-order valence-electron chi connectivity index (χ2n) is 7.18. The number of aliphatic hydroxyl groups excluding tert-OH is 1. The van der Waals surface area contributed by atoms with Gasteiger partial charge in [0, 0.05) is 23.9 Å². The van der Waals surface area contributed by atoms with Gasteiger partial charge < -0.3 is 15.2 Å². The fourth-order valence-corrected chi connectivity index (χ4v) is 3.87. The Morgan fingerprint density at radius 3 is 2.67 bits per heavy atom. The average molecular weight is 375 g/mol. The molecule has 3 aliphatic rings. The monoisotopic (exact) mass is 375 g/mol. The molecule has 8 nitrogen and oxygen atoms in total. The number of amides is 3. The fraction of sp³-hybridized carbons (Fsp3) is 0.444. The molecule has 2 unspecified atom stereocenters. The first kappa shape index (κ1) is 17.6. The molecule has 0 radical (unpaired) electrons. The lowest BCUT2D eigenvalue weighted by Crippen LogP contribution is -2.53. The number of piperidine rings is 1. The second-order valence-corrected chi connectivity index (χ2v) is 7.18. The van der Waals surface area contributed by atoms with E-state index in [1.807, 2.05) is 0 Å². The Morgan fingerprint density at radius 2 is 2.00 bits per heavy atom. The molecule has 2 atom stereocenters. The number of hydrogen-bond donors (Lipinski definition) is 3. The van der Waals surface area contributed by atoms with Crippen molar-refractivity contribution in [2.24, 2.45) is 5.92 Å². The number of aliphatic hydroxyl groups is 1. The topological polar surface area (TPSA) is 116 Å². The molecule has 3 N–H and O–H groups in total. The molecule has 1 aromatic rings. The number of hydrogen-bond acceptors (Lipinski definition) is 6. The van der Waals surface area contributed by atoms with E-state index in [1.165, 1.54) is 6.07 Å². The van der Waals surface area contributed by atoms with E-state index >= 15 is 0 Å². The number of nitrogens with zero attached hydrogens (tertiary/aromatic N) is 1. The first-order valence-electron chi connectivity index (χ1n) is 8.78. The minimum Gasteiger partial charge on any atom is -0.380 e. The van der Waals surface area contributed by atoms with E-state index in [9.17, 15) is 28.7 Å². The lowest BCUT2D eigenvalue weighted by Gasteiger charge is -2.33. The van der Waals surface area contributed by atoms with Crippen LogP contribution in [0.25, 0.3) is 0 Å². The molecule has 0 bridgehead atoms. The zero-order valence-corrected chi connectivity index (χ0v) is 14.3. The average Bonchev–Trinajstić information content (AvgIpc) is 2.82. The molecule has 4 rings (SSSR count). The first-order chi connectivity index (χ1) is 12.9. The Kier molecular flexibility index (Phi) is 4.18. The van der Waals surface area contributed by atoms with Crippen molar-refractivity contribution in [2.75, 3.05) is 5.32 Å². The lowest BCUT2D eigenvalue weighted by atomic mass is 9.81. The molecule has 2 heterocycles.